The minimum atomic E-state index is -0.428. The van der Waals surface area contributed by atoms with Crippen LogP contribution in [0, 0.1) is 13.8 Å². The highest BCUT2D eigenvalue weighted by atomic mass is 16.5. The molecule has 2 aliphatic rings. The van der Waals surface area contributed by atoms with Crippen LogP contribution >= 0.6 is 0 Å². The normalized spacial score (nSPS) is 21.4. The maximum Gasteiger partial charge on any atom is 0.259 e. The second-order valence-corrected chi connectivity index (χ2v) is 7.47. The van der Waals surface area contributed by atoms with Gasteiger partial charge in [-0.05, 0) is 26.3 Å². The van der Waals surface area contributed by atoms with Gasteiger partial charge in [0.2, 0.25) is 0 Å². The molecule has 1 amide bonds. The molecular weight excluding hydrogens is 362 g/mol. The van der Waals surface area contributed by atoms with Gasteiger partial charge in [-0.1, -0.05) is 5.16 Å². The van der Waals surface area contributed by atoms with Gasteiger partial charge in [0.15, 0.2) is 11.6 Å². The van der Waals surface area contributed by atoms with Crippen molar-refractivity contribution in [3.05, 3.63) is 47.1 Å². The molecule has 5 rings (SSSR count). The van der Waals surface area contributed by atoms with Crippen LogP contribution in [0.15, 0.2) is 23.0 Å². The van der Waals surface area contributed by atoms with Gasteiger partial charge in [0.25, 0.3) is 5.91 Å². The SMILES string of the molecule is Cc1noc(C)c1C(=O)N1CCC2(C1)Cn1c(nnc1Cn1cccn1)CO2. The third-order valence-corrected chi connectivity index (χ3v) is 5.57. The molecule has 3 aromatic heterocycles. The Morgan fingerprint density at radius 2 is 2.18 bits per heavy atom. The molecule has 0 N–H and O–H groups in total. The fraction of sp³-hybridized carbons (Fsp3) is 0.500. The van der Waals surface area contributed by atoms with Crippen molar-refractivity contribution in [3.8, 4) is 0 Å². The predicted molar refractivity (Wildman–Crippen MR) is 95.4 cm³/mol. The second kappa shape index (κ2) is 6.26. The van der Waals surface area contributed by atoms with Crippen molar-refractivity contribution in [1.82, 2.24) is 34.6 Å². The van der Waals surface area contributed by atoms with E-state index >= 15 is 0 Å². The van der Waals surface area contributed by atoms with Gasteiger partial charge in [-0.15, -0.1) is 10.2 Å². The number of likely N-dealkylation sites (tertiary alicyclic amines) is 1. The Hall–Kier alpha value is -3.01. The Kier molecular flexibility index (Phi) is 3.83. The van der Waals surface area contributed by atoms with Crippen molar-refractivity contribution < 1.29 is 14.1 Å². The Balaban J connectivity index is 1.36. The number of hydrogen-bond acceptors (Lipinski definition) is 7. The zero-order chi connectivity index (χ0) is 19.3. The average Bonchev–Trinajstić information content (AvgIpc) is 3.46. The molecule has 10 heteroatoms. The molecule has 0 radical (unpaired) electrons. The summed E-state index contributed by atoms with van der Waals surface area (Å²) in [5.74, 6) is 2.15. The van der Waals surface area contributed by atoms with E-state index in [0.717, 1.165) is 18.1 Å². The molecule has 1 unspecified atom stereocenters. The van der Waals surface area contributed by atoms with Crippen LogP contribution in [0.1, 0.15) is 39.9 Å². The molecule has 0 aromatic carbocycles. The van der Waals surface area contributed by atoms with Gasteiger partial charge in [0, 0.05) is 18.9 Å². The molecule has 1 saturated heterocycles. The van der Waals surface area contributed by atoms with Crippen LogP contribution in [0.3, 0.4) is 0 Å². The van der Waals surface area contributed by atoms with Gasteiger partial charge in [0.1, 0.15) is 30.1 Å². The number of fused-ring (bicyclic) bond motifs is 1. The summed E-state index contributed by atoms with van der Waals surface area (Å²) in [4.78, 5) is 14.8. The summed E-state index contributed by atoms with van der Waals surface area (Å²) < 4.78 is 15.3. The standard InChI is InChI=1S/C18H21N7O3/c1-12-16(13(2)28-22-12)17(26)23-7-4-18(10-23)11-25-14(8-24-6-3-5-19-24)20-21-15(25)9-27-18/h3,5-6H,4,7-11H2,1-2H3. The highest BCUT2D eigenvalue weighted by Crippen LogP contribution is 2.33. The lowest BCUT2D eigenvalue weighted by Crippen LogP contribution is -2.45. The number of hydrogen-bond donors (Lipinski definition) is 0. The zero-order valence-electron chi connectivity index (χ0n) is 15.8. The Labute approximate surface area is 161 Å². The molecule has 0 bridgehead atoms. The molecule has 28 heavy (non-hydrogen) atoms. The molecule has 1 fully saturated rings. The van der Waals surface area contributed by atoms with Gasteiger partial charge in [0.05, 0.1) is 18.8 Å². The number of aromatic nitrogens is 6. The smallest absolute Gasteiger partial charge is 0.259 e. The van der Waals surface area contributed by atoms with Gasteiger partial charge in [-0.2, -0.15) is 5.10 Å². The summed E-state index contributed by atoms with van der Waals surface area (Å²) in [6.45, 7) is 6.27. The van der Waals surface area contributed by atoms with Gasteiger partial charge < -0.3 is 18.7 Å². The molecule has 146 valence electrons. The topological polar surface area (TPSA) is 104 Å². The van der Waals surface area contributed by atoms with Crippen molar-refractivity contribution in [2.75, 3.05) is 13.1 Å². The van der Waals surface area contributed by atoms with Crippen molar-refractivity contribution in [1.29, 1.82) is 0 Å². The molecule has 0 aliphatic carbocycles. The third-order valence-electron chi connectivity index (χ3n) is 5.57. The zero-order valence-corrected chi connectivity index (χ0v) is 15.8. The number of nitrogens with zero attached hydrogens (tertiary/aromatic N) is 7. The summed E-state index contributed by atoms with van der Waals surface area (Å²) in [6, 6.07) is 1.88. The van der Waals surface area contributed by atoms with Crippen LogP contribution < -0.4 is 0 Å². The molecule has 3 aromatic rings. The number of carbonyl (C=O) groups excluding carboxylic acids is 1. The van der Waals surface area contributed by atoms with Crippen LogP contribution in [0.4, 0.5) is 0 Å². The van der Waals surface area contributed by atoms with Crippen LogP contribution in [-0.2, 0) is 24.4 Å². The van der Waals surface area contributed by atoms with E-state index in [-0.39, 0.29) is 5.91 Å². The molecular formula is C18H21N7O3. The first-order valence-electron chi connectivity index (χ1n) is 9.29. The van der Waals surface area contributed by atoms with Crippen molar-refractivity contribution >= 4 is 5.91 Å². The molecule has 5 heterocycles. The summed E-state index contributed by atoms with van der Waals surface area (Å²) in [6.07, 6.45) is 4.41. The predicted octanol–water partition coefficient (Wildman–Crippen LogP) is 0.943. The number of carbonyl (C=O) groups is 1. The Morgan fingerprint density at radius 1 is 1.29 bits per heavy atom. The van der Waals surface area contributed by atoms with E-state index < -0.39 is 5.60 Å². The van der Waals surface area contributed by atoms with E-state index in [1.165, 1.54) is 0 Å². The average molecular weight is 383 g/mol. The van der Waals surface area contributed by atoms with Crippen LogP contribution in [0.5, 0.6) is 0 Å². The van der Waals surface area contributed by atoms with Gasteiger partial charge >= 0.3 is 0 Å². The number of rotatable bonds is 3. The van der Waals surface area contributed by atoms with Crippen LogP contribution in [0.2, 0.25) is 0 Å². The maximum atomic E-state index is 13.0. The molecule has 2 aliphatic heterocycles. The van der Waals surface area contributed by atoms with E-state index in [4.69, 9.17) is 9.26 Å². The minimum Gasteiger partial charge on any atom is -0.363 e. The highest BCUT2D eigenvalue weighted by molar-refractivity contribution is 5.96. The Morgan fingerprint density at radius 3 is 2.93 bits per heavy atom. The Bertz CT molecular complexity index is 1000. The fourth-order valence-corrected chi connectivity index (χ4v) is 4.08. The molecule has 1 atom stereocenters. The first kappa shape index (κ1) is 17.1. The third kappa shape index (κ3) is 2.71. The lowest BCUT2D eigenvalue weighted by atomic mass is 10.0. The van der Waals surface area contributed by atoms with Crippen molar-refractivity contribution in [2.24, 2.45) is 0 Å². The van der Waals surface area contributed by atoms with Crippen molar-refractivity contribution in [2.45, 2.75) is 45.6 Å². The van der Waals surface area contributed by atoms with E-state index in [1.807, 2.05) is 21.8 Å². The molecule has 10 nitrogen and oxygen atoms in total. The molecule has 0 saturated carbocycles. The monoisotopic (exact) mass is 383 g/mol. The number of aryl methyl sites for hydroxylation is 2. The van der Waals surface area contributed by atoms with E-state index in [9.17, 15) is 4.79 Å². The van der Waals surface area contributed by atoms with E-state index in [0.29, 0.717) is 49.8 Å². The summed E-state index contributed by atoms with van der Waals surface area (Å²) in [5.41, 5.74) is 0.746. The van der Waals surface area contributed by atoms with Crippen molar-refractivity contribution in [3.63, 3.8) is 0 Å². The second-order valence-electron chi connectivity index (χ2n) is 7.47. The summed E-state index contributed by atoms with van der Waals surface area (Å²) >= 11 is 0. The number of amides is 1. The first-order chi connectivity index (χ1) is 13.5. The highest BCUT2D eigenvalue weighted by Gasteiger charge is 2.45. The lowest BCUT2D eigenvalue weighted by molar-refractivity contribution is -0.0815. The van der Waals surface area contributed by atoms with E-state index in [1.54, 1.807) is 20.0 Å². The van der Waals surface area contributed by atoms with Gasteiger partial charge in [-0.3, -0.25) is 9.48 Å². The van der Waals surface area contributed by atoms with Gasteiger partial charge in [-0.25, -0.2) is 0 Å². The minimum absolute atomic E-state index is 0.0527. The lowest BCUT2D eigenvalue weighted by Gasteiger charge is -2.34. The quantitative estimate of drug-likeness (QED) is 0.663. The maximum absolute atomic E-state index is 13.0. The first-order valence-corrected chi connectivity index (χ1v) is 9.29. The molecule has 1 spiro atoms. The van der Waals surface area contributed by atoms with E-state index in [2.05, 4.69) is 25.0 Å². The largest absolute Gasteiger partial charge is 0.363 e. The fourth-order valence-electron chi connectivity index (χ4n) is 4.08. The van der Waals surface area contributed by atoms with Crippen LogP contribution in [-0.4, -0.2) is 59.2 Å². The summed E-state index contributed by atoms with van der Waals surface area (Å²) in [7, 11) is 0. The summed E-state index contributed by atoms with van der Waals surface area (Å²) in [5, 5.41) is 16.7. The van der Waals surface area contributed by atoms with Crippen LogP contribution in [0.25, 0.3) is 0 Å². The number of ether oxygens (including phenoxy) is 1.